The van der Waals surface area contributed by atoms with E-state index >= 15 is 0 Å². The second-order valence-corrected chi connectivity index (χ2v) is 6.07. The zero-order valence-electron chi connectivity index (χ0n) is 13.1. The molecule has 0 bridgehead atoms. The fourth-order valence-corrected chi connectivity index (χ4v) is 3.03. The largest absolute Gasteiger partial charge is 0.405 e. The zero-order chi connectivity index (χ0) is 18.1. The van der Waals surface area contributed by atoms with Crippen molar-refractivity contribution in [1.29, 1.82) is 0 Å². The highest BCUT2D eigenvalue weighted by Gasteiger charge is 2.49. The van der Waals surface area contributed by atoms with Gasteiger partial charge in [-0.05, 0) is 18.8 Å². The molecule has 2 aliphatic rings. The van der Waals surface area contributed by atoms with Crippen molar-refractivity contribution in [2.24, 2.45) is 5.92 Å². The number of amides is 5. The number of halogens is 3. The number of urea groups is 1. The summed E-state index contributed by atoms with van der Waals surface area (Å²) in [6, 6.07) is -1.36. The zero-order valence-corrected chi connectivity index (χ0v) is 13.1. The van der Waals surface area contributed by atoms with Gasteiger partial charge in [0.15, 0.2) is 0 Å². The van der Waals surface area contributed by atoms with E-state index in [1.165, 1.54) is 0 Å². The molecule has 1 saturated heterocycles. The van der Waals surface area contributed by atoms with E-state index in [0.29, 0.717) is 11.3 Å². The minimum absolute atomic E-state index is 0.0263. The number of imide groups is 2. The van der Waals surface area contributed by atoms with Crippen molar-refractivity contribution in [3.63, 3.8) is 0 Å². The minimum Gasteiger partial charge on any atom is -0.345 e. The van der Waals surface area contributed by atoms with Crippen LogP contribution in [-0.2, 0) is 14.4 Å². The quantitative estimate of drug-likeness (QED) is 0.607. The molecule has 1 saturated carbocycles. The van der Waals surface area contributed by atoms with Crippen LogP contribution in [0.3, 0.4) is 0 Å². The summed E-state index contributed by atoms with van der Waals surface area (Å²) in [6.07, 6.45) is -1.45. The predicted molar refractivity (Wildman–Crippen MR) is 74.4 cm³/mol. The van der Waals surface area contributed by atoms with Gasteiger partial charge in [0, 0.05) is 6.04 Å². The lowest BCUT2D eigenvalue weighted by Crippen LogP contribution is -2.47. The SMILES string of the molecule is C[C@H]1CCCC[C@H]1N1C(=O)C(=O)N(CC(=O)NCC(F)(F)F)C1=O. The summed E-state index contributed by atoms with van der Waals surface area (Å²) in [4.78, 5) is 49.1. The fraction of sp³-hybridized carbons (Fsp3) is 0.714. The lowest BCUT2D eigenvalue weighted by Gasteiger charge is -2.34. The molecule has 0 spiro atoms. The summed E-state index contributed by atoms with van der Waals surface area (Å²) in [6.45, 7) is -0.607. The average molecular weight is 349 g/mol. The molecule has 5 amide bonds. The Morgan fingerprint density at radius 1 is 1.17 bits per heavy atom. The topological polar surface area (TPSA) is 86.8 Å². The Balaban J connectivity index is 2.04. The number of hydrogen-bond acceptors (Lipinski definition) is 4. The maximum absolute atomic E-state index is 12.3. The molecule has 1 aliphatic carbocycles. The summed E-state index contributed by atoms with van der Waals surface area (Å²) in [7, 11) is 0. The number of hydrogen-bond donors (Lipinski definition) is 1. The summed E-state index contributed by atoms with van der Waals surface area (Å²) < 4.78 is 36.2. The maximum Gasteiger partial charge on any atom is 0.405 e. The second kappa shape index (κ2) is 6.78. The lowest BCUT2D eigenvalue weighted by atomic mass is 9.85. The first-order chi connectivity index (χ1) is 11.1. The van der Waals surface area contributed by atoms with E-state index in [2.05, 4.69) is 0 Å². The fourth-order valence-electron chi connectivity index (χ4n) is 3.03. The molecule has 1 N–H and O–H groups in total. The van der Waals surface area contributed by atoms with E-state index in [4.69, 9.17) is 0 Å². The van der Waals surface area contributed by atoms with Crippen molar-refractivity contribution in [3.8, 4) is 0 Å². The number of carbonyl (C=O) groups excluding carboxylic acids is 4. The Kier molecular flexibility index (Phi) is 5.14. The highest BCUT2D eigenvalue weighted by Crippen LogP contribution is 2.31. The van der Waals surface area contributed by atoms with Crippen LogP contribution in [0.5, 0.6) is 0 Å². The molecule has 0 aromatic rings. The van der Waals surface area contributed by atoms with E-state index in [1.54, 1.807) is 5.32 Å². The van der Waals surface area contributed by atoms with Gasteiger partial charge in [-0.3, -0.25) is 19.3 Å². The van der Waals surface area contributed by atoms with Crippen LogP contribution in [0, 0.1) is 5.92 Å². The molecule has 2 fully saturated rings. The van der Waals surface area contributed by atoms with Crippen LogP contribution < -0.4 is 5.32 Å². The summed E-state index contributed by atoms with van der Waals surface area (Å²) in [5, 5.41) is 1.57. The molecule has 0 aromatic carbocycles. The van der Waals surface area contributed by atoms with Gasteiger partial charge >= 0.3 is 24.0 Å². The van der Waals surface area contributed by atoms with Gasteiger partial charge < -0.3 is 5.32 Å². The average Bonchev–Trinajstić information content (AvgIpc) is 2.69. The molecular formula is C14H18F3N3O4. The normalized spacial score (nSPS) is 25.4. The smallest absolute Gasteiger partial charge is 0.345 e. The first-order valence-electron chi connectivity index (χ1n) is 7.64. The van der Waals surface area contributed by atoms with Gasteiger partial charge in [-0.2, -0.15) is 13.2 Å². The highest BCUT2D eigenvalue weighted by molar-refractivity contribution is 6.45. The van der Waals surface area contributed by atoms with Crippen molar-refractivity contribution in [2.75, 3.05) is 13.1 Å². The summed E-state index contributed by atoms with van der Waals surface area (Å²) >= 11 is 0. The van der Waals surface area contributed by atoms with Crippen LogP contribution in [0.4, 0.5) is 18.0 Å². The monoisotopic (exact) mass is 349 g/mol. The third kappa shape index (κ3) is 3.85. The third-order valence-electron chi connectivity index (χ3n) is 4.27. The number of alkyl halides is 3. The molecule has 1 heterocycles. The standard InChI is InChI=1S/C14H18F3N3O4/c1-8-4-2-3-5-9(8)20-12(23)11(22)19(13(20)24)6-10(21)18-7-14(15,16)17/h8-9H,2-7H2,1H3,(H,18,21)/t8-,9+/m0/s1. The molecule has 24 heavy (non-hydrogen) atoms. The molecule has 0 radical (unpaired) electrons. The van der Waals surface area contributed by atoms with Gasteiger partial charge in [-0.1, -0.05) is 19.8 Å². The van der Waals surface area contributed by atoms with E-state index in [0.717, 1.165) is 24.2 Å². The van der Waals surface area contributed by atoms with Gasteiger partial charge in [0.05, 0.1) is 0 Å². The minimum atomic E-state index is -4.60. The Morgan fingerprint density at radius 3 is 2.38 bits per heavy atom. The molecule has 2 atom stereocenters. The third-order valence-corrected chi connectivity index (χ3v) is 4.27. The molecule has 7 nitrogen and oxygen atoms in total. The van der Waals surface area contributed by atoms with Gasteiger partial charge in [0.1, 0.15) is 13.1 Å². The van der Waals surface area contributed by atoms with E-state index < -0.39 is 49.1 Å². The Bertz CT molecular complexity index is 564. The molecule has 0 unspecified atom stereocenters. The lowest BCUT2D eigenvalue weighted by molar-refractivity contribution is -0.146. The predicted octanol–water partition coefficient (Wildman–Crippen LogP) is 1.03. The van der Waals surface area contributed by atoms with E-state index in [9.17, 15) is 32.3 Å². The van der Waals surface area contributed by atoms with Crippen molar-refractivity contribution in [3.05, 3.63) is 0 Å². The number of nitrogens with one attached hydrogen (secondary N) is 1. The second-order valence-electron chi connectivity index (χ2n) is 6.07. The van der Waals surface area contributed by atoms with Crippen molar-refractivity contribution >= 4 is 23.8 Å². The molecule has 10 heteroatoms. The van der Waals surface area contributed by atoms with Crippen LogP contribution in [0.25, 0.3) is 0 Å². The van der Waals surface area contributed by atoms with Gasteiger partial charge in [-0.15, -0.1) is 0 Å². The molecule has 134 valence electrons. The first-order valence-corrected chi connectivity index (χ1v) is 7.64. The van der Waals surface area contributed by atoms with Crippen LogP contribution in [-0.4, -0.2) is 58.9 Å². The van der Waals surface area contributed by atoms with Crippen molar-refractivity contribution in [2.45, 2.75) is 44.8 Å². The van der Waals surface area contributed by atoms with E-state index in [1.807, 2.05) is 6.92 Å². The van der Waals surface area contributed by atoms with Crippen LogP contribution in [0.1, 0.15) is 32.6 Å². The maximum atomic E-state index is 12.3. The Labute approximate surface area is 136 Å². The highest BCUT2D eigenvalue weighted by atomic mass is 19.4. The van der Waals surface area contributed by atoms with Crippen molar-refractivity contribution < 1.29 is 32.3 Å². The number of carbonyl (C=O) groups is 4. The molecule has 0 aromatic heterocycles. The Morgan fingerprint density at radius 2 is 1.79 bits per heavy atom. The number of rotatable bonds is 4. The van der Waals surface area contributed by atoms with Crippen LogP contribution in [0.15, 0.2) is 0 Å². The summed E-state index contributed by atoms with van der Waals surface area (Å²) in [5.41, 5.74) is 0. The molecular weight excluding hydrogens is 331 g/mol. The van der Waals surface area contributed by atoms with Crippen LogP contribution in [0.2, 0.25) is 0 Å². The molecule has 2 rings (SSSR count). The summed E-state index contributed by atoms with van der Waals surface area (Å²) in [5.74, 6) is -3.33. The number of nitrogens with zero attached hydrogens (tertiary/aromatic N) is 2. The van der Waals surface area contributed by atoms with Gasteiger partial charge in [0.25, 0.3) is 0 Å². The first kappa shape index (κ1) is 18.2. The van der Waals surface area contributed by atoms with Gasteiger partial charge in [0.2, 0.25) is 5.91 Å². The van der Waals surface area contributed by atoms with Gasteiger partial charge in [-0.25, -0.2) is 9.69 Å². The van der Waals surface area contributed by atoms with Crippen LogP contribution >= 0.6 is 0 Å². The Hall–Kier alpha value is -2.13. The van der Waals surface area contributed by atoms with Crippen molar-refractivity contribution in [1.82, 2.24) is 15.1 Å². The van der Waals surface area contributed by atoms with E-state index in [-0.39, 0.29) is 5.92 Å². The molecule has 1 aliphatic heterocycles.